The number of nitrogens with zero attached hydrogens (tertiary/aromatic N) is 3. The first kappa shape index (κ1) is 21.6. The molecule has 2 aromatic heterocycles. The van der Waals surface area contributed by atoms with Gasteiger partial charge in [-0.05, 0) is 41.5 Å². The molecule has 0 saturated heterocycles. The number of halogens is 4. The van der Waals surface area contributed by atoms with Crippen LogP contribution in [0.15, 0.2) is 53.7 Å². The second-order valence-electron chi connectivity index (χ2n) is 6.99. The standard InChI is InChI=1S/C21H15ClF3N5O2/c1-26-19(31)13-4-11(5-14(22)6-13)9-30-10-27-17-7-12(2-3-15(17)20(30)32)16-8-28-29-18(16)21(23,24)25/h2-8,10H,9H2,1H3,(H,26,31)(H,28,29). The van der Waals surface area contributed by atoms with E-state index in [0.717, 1.165) is 6.20 Å². The quantitative estimate of drug-likeness (QED) is 0.482. The van der Waals surface area contributed by atoms with Crippen molar-refractivity contribution in [3.8, 4) is 11.1 Å². The summed E-state index contributed by atoms with van der Waals surface area (Å²) in [6.07, 6.45) is -2.22. The maximum atomic E-state index is 13.2. The van der Waals surface area contributed by atoms with Crippen LogP contribution in [0.25, 0.3) is 22.0 Å². The maximum absolute atomic E-state index is 13.2. The summed E-state index contributed by atoms with van der Waals surface area (Å²) >= 11 is 6.09. The Balaban J connectivity index is 1.72. The van der Waals surface area contributed by atoms with Gasteiger partial charge in [-0.3, -0.25) is 19.3 Å². The van der Waals surface area contributed by atoms with Gasteiger partial charge in [-0.25, -0.2) is 4.98 Å². The Labute approximate surface area is 183 Å². The number of hydrogen-bond acceptors (Lipinski definition) is 4. The molecular formula is C21H15ClF3N5O2. The average molecular weight is 462 g/mol. The topological polar surface area (TPSA) is 92.7 Å². The van der Waals surface area contributed by atoms with Crippen molar-refractivity contribution >= 4 is 28.4 Å². The van der Waals surface area contributed by atoms with Crippen LogP contribution in [0.4, 0.5) is 13.2 Å². The lowest BCUT2D eigenvalue weighted by Crippen LogP contribution is -2.22. The Hall–Kier alpha value is -3.66. The zero-order valence-electron chi connectivity index (χ0n) is 16.5. The third-order valence-corrected chi connectivity index (χ3v) is 5.08. The Bertz CT molecular complexity index is 1390. The number of aromatic nitrogens is 4. The molecule has 164 valence electrons. The van der Waals surface area contributed by atoms with Crippen LogP contribution in [-0.2, 0) is 12.7 Å². The summed E-state index contributed by atoms with van der Waals surface area (Å²) in [5.74, 6) is -0.317. The minimum atomic E-state index is -4.60. The molecule has 2 heterocycles. The van der Waals surface area contributed by atoms with Crippen LogP contribution in [0.1, 0.15) is 21.6 Å². The summed E-state index contributed by atoms with van der Waals surface area (Å²) < 4.78 is 40.8. The van der Waals surface area contributed by atoms with Gasteiger partial charge in [0.05, 0.1) is 30.0 Å². The predicted octanol–water partition coefficient (Wildman–Crippen LogP) is 3.87. The minimum absolute atomic E-state index is 0.105. The van der Waals surface area contributed by atoms with Crippen molar-refractivity contribution in [2.45, 2.75) is 12.7 Å². The van der Waals surface area contributed by atoms with Crippen molar-refractivity contribution in [1.82, 2.24) is 25.1 Å². The summed E-state index contributed by atoms with van der Waals surface area (Å²) in [4.78, 5) is 29.1. The number of hydrogen-bond donors (Lipinski definition) is 2. The van der Waals surface area contributed by atoms with Crippen molar-refractivity contribution < 1.29 is 18.0 Å². The number of benzene rings is 2. The molecule has 0 atom stereocenters. The number of carbonyl (C=O) groups excluding carboxylic acids is 1. The van der Waals surface area contributed by atoms with Crippen LogP contribution in [0.2, 0.25) is 5.02 Å². The molecule has 0 radical (unpaired) electrons. The van der Waals surface area contributed by atoms with Crippen LogP contribution < -0.4 is 10.9 Å². The van der Waals surface area contributed by atoms with Crippen molar-refractivity contribution in [1.29, 1.82) is 0 Å². The number of nitrogens with one attached hydrogen (secondary N) is 2. The van der Waals surface area contributed by atoms with Crippen molar-refractivity contribution in [3.63, 3.8) is 0 Å². The number of H-pyrrole nitrogens is 1. The number of alkyl halides is 3. The Morgan fingerprint density at radius 3 is 2.72 bits per heavy atom. The van der Waals surface area contributed by atoms with E-state index in [-0.39, 0.29) is 40.0 Å². The zero-order valence-corrected chi connectivity index (χ0v) is 17.3. The Morgan fingerprint density at radius 1 is 1.22 bits per heavy atom. The third kappa shape index (κ3) is 4.09. The van der Waals surface area contributed by atoms with Crippen molar-refractivity contribution in [2.24, 2.45) is 0 Å². The van der Waals surface area contributed by atoms with Gasteiger partial charge < -0.3 is 5.32 Å². The fourth-order valence-electron chi connectivity index (χ4n) is 3.37. The Kier molecular flexibility index (Phi) is 5.47. The first-order valence-corrected chi connectivity index (χ1v) is 9.67. The minimum Gasteiger partial charge on any atom is -0.355 e. The van der Waals surface area contributed by atoms with Gasteiger partial charge in [0.1, 0.15) is 5.69 Å². The monoisotopic (exact) mass is 461 g/mol. The van der Waals surface area contributed by atoms with Crippen LogP contribution in [0.5, 0.6) is 0 Å². The van der Waals surface area contributed by atoms with Gasteiger partial charge in [0.25, 0.3) is 11.5 Å². The van der Waals surface area contributed by atoms with Gasteiger partial charge >= 0.3 is 6.18 Å². The van der Waals surface area contributed by atoms with E-state index in [1.54, 1.807) is 12.1 Å². The molecule has 1 amide bonds. The normalized spacial score (nSPS) is 11.7. The number of fused-ring (bicyclic) bond motifs is 1. The largest absolute Gasteiger partial charge is 0.433 e. The first-order valence-electron chi connectivity index (χ1n) is 9.29. The lowest BCUT2D eigenvalue weighted by molar-refractivity contribution is -0.140. The van der Waals surface area contributed by atoms with Gasteiger partial charge in [-0.1, -0.05) is 17.7 Å². The van der Waals surface area contributed by atoms with Crippen molar-refractivity contribution in [3.05, 3.63) is 81.1 Å². The van der Waals surface area contributed by atoms with Crippen LogP contribution in [0.3, 0.4) is 0 Å². The second-order valence-corrected chi connectivity index (χ2v) is 7.43. The molecule has 0 saturated carbocycles. The highest BCUT2D eigenvalue weighted by Gasteiger charge is 2.36. The lowest BCUT2D eigenvalue weighted by atomic mass is 10.0. The predicted molar refractivity (Wildman–Crippen MR) is 113 cm³/mol. The Morgan fingerprint density at radius 2 is 2.00 bits per heavy atom. The first-order chi connectivity index (χ1) is 15.2. The molecule has 11 heteroatoms. The van der Waals surface area contributed by atoms with Gasteiger partial charge in [-0.2, -0.15) is 18.3 Å². The molecule has 0 aliphatic heterocycles. The zero-order chi connectivity index (χ0) is 23.0. The van der Waals surface area contributed by atoms with E-state index in [9.17, 15) is 22.8 Å². The second kappa shape index (κ2) is 8.12. The van der Waals surface area contributed by atoms with E-state index in [2.05, 4.69) is 15.4 Å². The molecule has 7 nitrogen and oxygen atoms in total. The van der Waals surface area contributed by atoms with E-state index in [1.165, 1.54) is 42.2 Å². The van der Waals surface area contributed by atoms with E-state index in [0.29, 0.717) is 16.1 Å². The summed E-state index contributed by atoms with van der Waals surface area (Å²) in [6, 6.07) is 9.01. The van der Waals surface area contributed by atoms with E-state index in [1.807, 2.05) is 5.10 Å². The molecule has 2 aromatic carbocycles. The third-order valence-electron chi connectivity index (χ3n) is 4.86. The fourth-order valence-corrected chi connectivity index (χ4v) is 3.63. The highest BCUT2D eigenvalue weighted by molar-refractivity contribution is 6.31. The van der Waals surface area contributed by atoms with Crippen molar-refractivity contribution in [2.75, 3.05) is 7.05 Å². The van der Waals surface area contributed by atoms with Gasteiger partial charge in [0.15, 0.2) is 0 Å². The number of amides is 1. The van der Waals surface area contributed by atoms with Gasteiger partial charge in [0.2, 0.25) is 0 Å². The fraction of sp³-hybridized carbons (Fsp3) is 0.143. The highest BCUT2D eigenvalue weighted by atomic mass is 35.5. The molecule has 2 N–H and O–H groups in total. The average Bonchev–Trinajstić information content (AvgIpc) is 3.25. The van der Waals surface area contributed by atoms with E-state index in [4.69, 9.17) is 11.6 Å². The molecule has 0 aliphatic rings. The van der Waals surface area contributed by atoms with E-state index >= 15 is 0 Å². The highest BCUT2D eigenvalue weighted by Crippen LogP contribution is 2.35. The summed E-state index contributed by atoms with van der Waals surface area (Å²) in [5, 5.41) is 8.53. The molecule has 0 bridgehead atoms. The molecular weight excluding hydrogens is 447 g/mol. The number of carbonyl (C=O) groups is 1. The molecule has 0 unspecified atom stereocenters. The number of rotatable bonds is 4. The molecule has 4 aromatic rings. The lowest BCUT2D eigenvalue weighted by Gasteiger charge is -2.10. The SMILES string of the molecule is CNC(=O)c1cc(Cl)cc(Cn2cnc3cc(-c4cn[nH]c4C(F)(F)F)ccc3c2=O)c1. The molecule has 32 heavy (non-hydrogen) atoms. The summed E-state index contributed by atoms with van der Waals surface area (Å²) in [7, 11) is 1.50. The van der Waals surface area contributed by atoms with Gasteiger partial charge in [0, 0.05) is 23.2 Å². The maximum Gasteiger partial charge on any atom is 0.433 e. The van der Waals surface area contributed by atoms with E-state index < -0.39 is 11.9 Å². The smallest absolute Gasteiger partial charge is 0.355 e. The summed E-state index contributed by atoms with van der Waals surface area (Å²) in [6.45, 7) is 0.105. The molecule has 0 aliphatic carbocycles. The van der Waals surface area contributed by atoms with Crippen LogP contribution in [0, 0.1) is 0 Å². The summed E-state index contributed by atoms with van der Waals surface area (Å²) in [5.41, 5.74) is -0.0509. The van der Waals surface area contributed by atoms with Gasteiger partial charge in [-0.15, -0.1) is 0 Å². The molecule has 0 spiro atoms. The number of aromatic amines is 1. The molecule has 0 fully saturated rings. The molecule has 4 rings (SSSR count). The van der Waals surface area contributed by atoms with Crippen LogP contribution >= 0.6 is 11.6 Å². The van der Waals surface area contributed by atoms with Crippen LogP contribution in [-0.4, -0.2) is 32.7 Å².